The van der Waals surface area contributed by atoms with Crippen molar-refractivity contribution in [3.05, 3.63) is 0 Å². The Morgan fingerprint density at radius 1 is 1.41 bits per heavy atom. The number of carbonyl (C=O) groups excluding carboxylic acids is 2. The van der Waals surface area contributed by atoms with Crippen LogP contribution in [0.5, 0.6) is 0 Å². The molecule has 8 heteroatoms. The molecule has 0 radical (unpaired) electrons. The van der Waals surface area contributed by atoms with Crippen LogP contribution in [0.1, 0.15) is 46.0 Å². The summed E-state index contributed by atoms with van der Waals surface area (Å²) in [7, 11) is 0. The Bertz CT molecular complexity index is 517. The highest BCUT2D eigenvalue weighted by Gasteiger charge is 2.26. The van der Waals surface area contributed by atoms with Crippen LogP contribution in [-0.4, -0.2) is 33.9 Å². The van der Waals surface area contributed by atoms with Crippen LogP contribution in [0.4, 0.5) is 5.13 Å². The Labute approximate surface area is 138 Å². The molecule has 1 aliphatic carbocycles. The van der Waals surface area contributed by atoms with Crippen molar-refractivity contribution in [3.63, 3.8) is 0 Å². The molecule has 0 aromatic carbocycles. The van der Waals surface area contributed by atoms with Gasteiger partial charge in [0, 0.05) is 5.92 Å². The van der Waals surface area contributed by atoms with Crippen molar-refractivity contribution >= 4 is 40.1 Å². The van der Waals surface area contributed by atoms with Crippen LogP contribution < -0.4 is 5.32 Å². The molecule has 0 spiro atoms. The number of esters is 1. The molecule has 1 heterocycles. The Morgan fingerprint density at radius 3 is 2.77 bits per heavy atom. The SMILES string of the molecule is CCCC(Sc1nnc(NC(=O)C2CCC2)s1)C(=O)OCC. The van der Waals surface area contributed by atoms with E-state index < -0.39 is 0 Å². The van der Waals surface area contributed by atoms with E-state index in [-0.39, 0.29) is 23.0 Å². The molecule has 1 aliphatic rings. The number of nitrogens with one attached hydrogen (secondary N) is 1. The van der Waals surface area contributed by atoms with Gasteiger partial charge in [-0.25, -0.2) is 0 Å². The number of ether oxygens (including phenoxy) is 1. The molecule has 6 nitrogen and oxygen atoms in total. The molecule has 1 fully saturated rings. The lowest BCUT2D eigenvalue weighted by molar-refractivity contribution is -0.142. The predicted octanol–water partition coefficient (Wildman–Crippen LogP) is 3.10. The fourth-order valence-electron chi connectivity index (χ4n) is 2.03. The third-order valence-corrected chi connectivity index (χ3v) is 5.62. The Hall–Kier alpha value is -1.15. The van der Waals surface area contributed by atoms with Gasteiger partial charge in [0.1, 0.15) is 5.25 Å². The van der Waals surface area contributed by atoms with Crippen molar-refractivity contribution in [2.45, 2.75) is 55.5 Å². The van der Waals surface area contributed by atoms with Gasteiger partial charge in [0.15, 0.2) is 4.34 Å². The molecule has 1 saturated carbocycles. The summed E-state index contributed by atoms with van der Waals surface area (Å²) in [5.41, 5.74) is 0. The second-order valence-corrected chi connectivity index (χ2v) is 7.56. The van der Waals surface area contributed by atoms with Gasteiger partial charge in [-0.05, 0) is 26.2 Å². The van der Waals surface area contributed by atoms with Gasteiger partial charge in [0.2, 0.25) is 11.0 Å². The highest BCUT2D eigenvalue weighted by atomic mass is 32.2. The van der Waals surface area contributed by atoms with Gasteiger partial charge in [0.25, 0.3) is 0 Å². The predicted molar refractivity (Wildman–Crippen MR) is 87.1 cm³/mol. The van der Waals surface area contributed by atoms with Gasteiger partial charge in [-0.2, -0.15) is 0 Å². The van der Waals surface area contributed by atoms with E-state index in [1.54, 1.807) is 6.92 Å². The molecule has 0 bridgehead atoms. The topological polar surface area (TPSA) is 81.2 Å². The molecular formula is C14H21N3O3S2. The van der Waals surface area contributed by atoms with Gasteiger partial charge in [-0.15, -0.1) is 10.2 Å². The third kappa shape index (κ3) is 4.67. The lowest BCUT2D eigenvalue weighted by Crippen LogP contribution is -2.27. The van der Waals surface area contributed by atoms with Crippen molar-refractivity contribution in [2.24, 2.45) is 5.92 Å². The molecular weight excluding hydrogens is 322 g/mol. The third-order valence-electron chi connectivity index (χ3n) is 3.46. The number of rotatable bonds is 8. The smallest absolute Gasteiger partial charge is 0.319 e. The van der Waals surface area contributed by atoms with Crippen LogP contribution in [0.2, 0.25) is 0 Å². The summed E-state index contributed by atoms with van der Waals surface area (Å²) < 4.78 is 5.76. The number of aromatic nitrogens is 2. The fourth-order valence-corrected chi connectivity index (χ4v) is 4.14. The van der Waals surface area contributed by atoms with Gasteiger partial charge < -0.3 is 10.1 Å². The van der Waals surface area contributed by atoms with Crippen molar-refractivity contribution < 1.29 is 14.3 Å². The van der Waals surface area contributed by atoms with Gasteiger partial charge >= 0.3 is 5.97 Å². The first kappa shape index (κ1) is 17.2. The first-order valence-corrected chi connectivity index (χ1v) is 9.31. The Morgan fingerprint density at radius 2 is 2.18 bits per heavy atom. The molecule has 1 amide bonds. The lowest BCUT2D eigenvalue weighted by atomic mass is 9.85. The van der Waals surface area contributed by atoms with Crippen molar-refractivity contribution in [1.29, 1.82) is 0 Å². The fraction of sp³-hybridized carbons (Fsp3) is 0.714. The monoisotopic (exact) mass is 343 g/mol. The van der Waals surface area contributed by atoms with Crippen LogP contribution >= 0.6 is 23.1 Å². The molecule has 0 aliphatic heterocycles. The zero-order chi connectivity index (χ0) is 15.9. The summed E-state index contributed by atoms with van der Waals surface area (Å²) >= 11 is 2.66. The molecule has 1 atom stereocenters. The van der Waals surface area contributed by atoms with Crippen LogP contribution in [-0.2, 0) is 14.3 Å². The molecule has 2 rings (SSSR count). The number of amides is 1. The first-order chi connectivity index (χ1) is 10.6. The number of hydrogen-bond donors (Lipinski definition) is 1. The molecule has 22 heavy (non-hydrogen) atoms. The van der Waals surface area contributed by atoms with E-state index in [0.29, 0.717) is 16.1 Å². The molecule has 122 valence electrons. The molecule has 1 unspecified atom stereocenters. The van der Waals surface area contributed by atoms with Crippen molar-refractivity contribution in [2.75, 3.05) is 11.9 Å². The largest absolute Gasteiger partial charge is 0.465 e. The first-order valence-electron chi connectivity index (χ1n) is 7.61. The normalized spacial score (nSPS) is 15.9. The Balaban J connectivity index is 1.91. The van der Waals surface area contributed by atoms with Gasteiger partial charge in [0.05, 0.1) is 6.61 Å². The highest BCUT2D eigenvalue weighted by Crippen LogP contribution is 2.33. The summed E-state index contributed by atoms with van der Waals surface area (Å²) in [5.74, 6) is -0.0774. The minimum atomic E-state index is -0.270. The second-order valence-electron chi connectivity index (χ2n) is 5.14. The van der Waals surface area contributed by atoms with Gasteiger partial charge in [-0.1, -0.05) is 42.9 Å². The van der Waals surface area contributed by atoms with Crippen molar-refractivity contribution in [3.8, 4) is 0 Å². The van der Waals surface area contributed by atoms with Crippen molar-refractivity contribution in [1.82, 2.24) is 10.2 Å². The van der Waals surface area contributed by atoms with E-state index >= 15 is 0 Å². The second kappa shape index (κ2) is 8.47. The maximum absolute atomic E-state index is 11.9. The lowest BCUT2D eigenvalue weighted by Gasteiger charge is -2.23. The molecule has 0 saturated heterocycles. The molecule has 1 aromatic rings. The Kier molecular flexibility index (Phi) is 6.63. The van der Waals surface area contributed by atoms with Crippen LogP contribution in [0, 0.1) is 5.92 Å². The van der Waals surface area contributed by atoms with Crippen LogP contribution in [0.3, 0.4) is 0 Å². The minimum Gasteiger partial charge on any atom is -0.465 e. The summed E-state index contributed by atoms with van der Waals surface area (Å²) in [6, 6.07) is 0. The number of nitrogens with zero attached hydrogens (tertiary/aromatic N) is 2. The van der Waals surface area contributed by atoms with E-state index in [2.05, 4.69) is 15.5 Å². The number of thioether (sulfide) groups is 1. The average Bonchev–Trinajstić information content (AvgIpc) is 2.83. The summed E-state index contributed by atoms with van der Waals surface area (Å²) in [4.78, 5) is 23.8. The number of hydrogen-bond acceptors (Lipinski definition) is 7. The van der Waals surface area contributed by atoms with Gasteiger partial charge in [-0.3, -0.25) is 9.59 Å². The van der Waals surface area contributed by atoms with E-state index in [4.69, 9.17) is 4.74 Å². The summed E-state index contributed by atoms with van der Waals surface area (Å²) in [5, 5.41) is 11.1. The molecule has 1 aromatic heterocycles. The minimum absolute atomic E-state index is 0.0226. The maximum atomic E-state index is 11.9. The zero-order valence-electron chi connectivity index (χ0n) is 12.8. The standard InChI is InChI=1S/C14H21N3O3S2/c1-3-6-10(12(19)20-4-2)21-14-17-16-13(22-14)15-11(18)9-7-5-8-9/h9-10H,3-8H2,1-2H3,(H,15,16,18). The highest BCUT2D eigenvalue weighted by molar-refractivity contribution is 8.02. The van der Waals surface area contributed by atoms with E-state index in [1.807, 2.05) is 6.92 Å². The van der Waals surface area contributed by atoms with Crippen LogP contribution in [0.25, 0.3) is 0 Å². The maximum Gasteiger partial charge on any atom is 0.319 e. The number of anilines is 1. The zero-order valence-corrected chi connectivity index (χ0v) is 14.5. The quantitative estimate of drug-likeness (QED) is 0.444. The summed E-state index contributed by atoms with van der Waals surface area (Å²) in [6.45, 7) is 4.19. The average molecular weight is 343 g/mol. The van der Waals surface area contributed by atoms with E-state index in [1.165, 1.54) is 23.1 Å². The number of carbonyl (C=O) groups is 2. The van der Waals surface area contributed by atoms with E-state index in [9.17, 15) is 9.59 Å². The molecule has 1 N–H and O–H groups in total. The van der Waals surface area contributed by atoms with Crippen LogP contribution in [0.15, 0.2) is 4.34 Å². The van der Waals surface area contributed by atoms with E-state index in [0.717, 1.165) is 32.1 Å². The summed E-state index contributed by atoms with van der Waals surface area (Å²) in [6.07, 6.45) is 4.64.